The minimum Gasteiger partial charge on any atom is -0.460 e. The van der Waals surface area contributed by atoms with Gasteiger partial charge in [0.05, 0.1) is 6.54 Å². The molecule has 1 fully saturated rings. The monoisotopic (exact) mass is 368 g/mol. The number of carbonyl (C=O) groups is 3. The van der Waals surface area contributed by atoms with E-state index in [0.717, 1.165) is 5.56 Å². The first-order valence-corrected chi connectivity index (χ1v) is 8.47. The number of nitrogens with one attached hydrogen (secondary N) is 2. The van der Waals surface area contributed by atoms with Crippen LogP contribution in [0.2, 0.25) is 0 Å². The zero-order chi connectivity index (χ0) is 19.3. The minimum atomic E-state index is -1.45. The molecule has 0 bridgehead atoms. The van der Waals surface area contributed by atoms with Crippen molar-refractivity contribution in [3.8, 4) is 0 Å². The summed E-state index contributed by atoms with van der Waals surface area (Å²) in [6.45, 7) is 0.181. The van der Waals surface area contributed by atoms with Gasteiger partial charge in [0.25, 0.3) is 5.91 Å². The number of hydrogen-bond acceptors (Lipinski definition) is 5. The van der Waals surface area contributed by atoms with Gasteiger partial charge in [0, 0.05) is 7.11 Å². The summed E-state index contributed by atoms with van der Waals surface area (Å²) in [4.78, 5) is 37.3. The molecule has 27 heavy (non-hydrogen) atoms. The third-order valence-corrected chi connectivity index (χ3v) is 4.39. The van der Waals surface area contributed by atoms with Crippen LogP contribution in [0.15, 0.2) is 60.7 Å². The van der Waals surface area contributed by atoms with Crippen molar-refractivity contribution in [3.63, 3.8) is 0 Å². The van der Waals surface area contributed by atoms with E-state index in [1.807, 2.05) is 30.3 Å². The Morgan fingerprint density at radius 2 is 1.74 bits per heavy atom. The van der Waals surface area contributed by atoms with Crippen molar-refractivity contribution in [2.75, 3.05) is 13.7 Å². The highest BCUT2D eigenvalue weighted by atomic mass is 16.5. The maximum Gasteiger partial charge on any atom is 0.323 e. The minimum absolute atomic E-state index is 0.0478. The van der Waals surface area contributed by atoms with Crippen molar-refractivity contribution in [2.24, 2.45) is 0 Å². The van der Waals surface area contributed by atoms with E-state index in [4.69, 9.17) is 9.47 Å². The Morgan fingerprint density at radius 1 is 1.11 bits per heavy atom. The summed E-state index contributed by atoms with van der Waals surface area (Å²) in [7, 11) is 1.32. The van der Waals surface area contributed by atoms with Crippen molar-refractivity contribution in [1.29, 1.82) is 0 Å². The molecule has 0 aliphatic carbocycles. The molecule has 1 saturated heterocycles. The van der Waals surface area contributed by atoms with Gasteiger partial charge in [-0.3, -0.25) is 14.4 Å². The fourth-order valence-electron chi connectivity index (χ4n) is 2.76. The van der Waals surface area contributed by atoms with Crippen LogP contribution in [-0.4, -0.2) is 37.2 Å². The number of esters is 1. The fraction of sp³-hybridized carbons (Fsp3) is 0.250. The predicted molar refractivity (Wildman–Crippen MR) is 96.3 cm³/mol. The zero-order valence-electron chi connectivity index (χ0n) is 14.8. The third kappa shape index (κ3) is 3.98. The highest BCUT2D eigenvalue weighted by Gasteiger charge is 2.50. The highest BCUT2D eigenvalue weighted by Crippen LogP contribution is 2.22. The van der Waals surface area contributed by atoms with Crippen molar-refractivity contribution in [1.82, 2.24) is 10.6 Å². The van der Waals surface area contributed by atoms with Crippen molar-refractivity contribution < 1.29 is 23.9 Å². The van der Waals surface area contributed by atoms with Crippen molar-refractivity contribution >= 4 is 17.8 Å². The van der Waals surface area contributed by atoms with Crippen LogP contribution < -0.4 is 10.6 Å². The molecule has 0 radical (unpaired) electrons. The van der Waals surface area contributed by atoms with E-state index in [-0.39, 0.29) is 13.2 Å². The van der Waals surface area contributed by atoms with E-state index in [1.165, 1.54) is 7.11 Å². The number of amides is 2. The average Bonchev–Trinajstić information content (AvgIpc) is 2.71. The van der Waals surface area contributed by atoms with Gasteiger partial charge in [-0.2, -0.15) is 0 Å². The van der Waals surface area contributed by atoms with Crippen molar-refractivity contribution in [2.45, 2.75) is 18.2 Å². The molecule has 2 aromatic rings. The number of β-lactam (4-membered cyclic amide) rings is 1. The lowest BCUT2D eigenvalue weighted by Crippen LogP contribution is -2.74. The molecule has 140 valence electrons. The number of rotatable bonds is 7. The van der Waals surface area contributed by atoms with E-state index >= 15 is 0 Å². The number of benzene rings is 2. The second kappa shape index (κ2) is 8.01. The first-order chi connectivity index (χ1) is 13.1. The summed E-state index contributed by atoms with van der Waals surface area (Å²) in [5.74, 6) is -3.03. The molecule has 2 aromatic carbocycles. The molecule has 7 nitrogen and oxygen atoms in total. The van der Waals surface area contributed by atoms with E-state index in [9.17, 15) is 14.4 Å². The van der Waals surface area contributed by atoms with Gasteiger partial charge >= 0.3 is 5.97 Å². The van der Waals surface area contributed by atoms with Gasteiger partial charge in [0.1, 0.15) is 6.61 Å². The van der Waals surface area contributed by atoms with Crippen LogP contribution in [0.25, 0.3) is 0 Å². The van der Waals surface area contributed by atoms with Gasteiger partial charge in [0.15, 0.2) is 5.92 Å². The Balaban J connectivity index is 1.77. The SMILES string of the molecule is COC1(NC(=O)C(C(=O)OCc2ccccc2)c2ccccc2)CNC1=O. The summed E-state index contributed by atoms with van der Waals surface area (Å²) >= 11 is 0. The van der Waals surface area contributed by atoms with Crippen LogP contribution in [0, 0.1) is 0 Å². The first kappa shape index (κ1) is 18.6. The third-order valence-electron chi connectivity index (χ3n) is 4.39. The second-order valence-electron chi connectivity index (χ2n) is 6.14. The summed E-state index contributed by atoms with van der Waals surface area (Å²) in [5.41, 5.74) is -0.173. The molecule has 2 atom stereocenters. The Labute approximate surface area is 156 Å². The van der Waals surface area contributed by atoms with Crippen LogP contribution in [0.5, 0.6) is 0 Å². The van der Waals surface area contributed by atoms with E-state index in [2.05, 4.69) is 10.6 Å². The number of ether oxygens (including phenoxy) is 2. The van der Waals surface area contributed by atoms with Crippen LogP contribution in [0.1, 0.15) is 17.0 Å². The highest BCUT2D eigenvalue weighted by molar-refractivity contribution is 6.06. The molecule has 0 saturated carbocycles. The lowest BCUT2D eigenvalue weighted by atomic mass is 9.96. The predicted octanol–water partition coefficient (Wildman–Crippen LogP) is 1.10. The Kier molecular flexibility index (Phi) is 5.52. The number of methoxy groups -OCH3 is 1. The molecular weight excluding hydrogens is 348 g/mol. The van der Waals surface area contributed by atoms with Crippen LogP contribution >= 0.6 is 0 Å². The maximum absolute atomic E-state index is 12.8. The molecule has 2 N–H and O–H groups in total. The van der Waals surface area contributed by atoms with Gasteiger partial charge in [-0.25, -0.2) is 0 Å². The Hall–Kier alpha value is -3.19. The van der Waals surface area contributed by atoms with E-state index in [0.29, 0.717) is 5.56 Å². The molecule has 7 heteroatoms. The Bertz CT molecular complexity index is 821. The number of carbonyl (C=O) groups excluding carboxylic acids is 3. The summed E-state index contributed by atoms with van der Waals surface area (Å²) in [6.07, 6.45) is 0. The van der Waals surface area contributed by atoms with Crippen molar-refractivity contribution in [3.05, 3.63) is 71.8 Å². The largest absolute Gasteiger partial charge is 0.460 e. The zero-order valence-corrected chi connectivity index (χ0v) is 14.8. The molecule has 0 aromatic heterocycles. The summed E-state index contributed by atoms with van der Waals surface area (Å²) in [6, 6.07) is 17.7. The van der Waals surface area contributed by atoms with Crippen LogP contribution in [0.4, 0.5) is 0 Å². The molecule has 1 aliphatic heterocycles. The van der Waals surface area contributed by atoms with Crippen LogP contribution in [-0.2, 0) is 30.5 Å². The lowest BCUT2D eigenvalue weighted by molar-refractivity contribution is -0.168. The van der Waals surface area contributed by atoms with Gasteiger partial charge in [-0.1, -0.05) is 60.7 Å². The number of hydrogen-bond donors (Lipinski definition) is 2. The molecule has 2 amide bonds. The average molecular weight is 368 g/mol. The molecule has 1 heterocycles. The quantitative estimate of drug-likeness (QED) is 0.330. The van der Waals surface area contributed by atoms with Crippen LogP contribution in [0.3, 0.4) is 0 Å². The van der Waals surface area contributed by atoms with Gasteiger partial charge < -0.3 is 20.1 Å². The van der Waals surface area contributed by atoms with E-state index in [1.54, 1.807) is 30.3 Å². The molecule has 0 spiro atoms. The molecule has 2 unspecified atom stereocenters. The summed E-state index contributed by atoms with van der Waals surface area (Å²) < 4.78 is 10.5. The van der Waals surface area contributed by atoms with Gasteiger partial charge in [-0.15, -0.1) is 0 Å². The summed E-state index contributed by atoms with van der Waals surface area (Å²) in [5, 5.41) is 5.05. The van der Waals surface area contributed by atoms with Gasteiger partial charge in [0.2, 0.25) is 11.6 Å². The molecule has 1 aliphatic rings. The van der Waals surface area contributed by atoms with E-state index < -0.39 is 29.4 Å². The maximum atomic E-state index is 12.8. The second-order valence-corrected chi connectivity index (χ2v) is 6.14. The first-order valence-electron chi connectivity index (χ1n) is 8.47. The normalized spacial score (nSPS) is 19.4. The Morgan fingerprint density at radius 3 is 2.26 bits per heavy atom. The van der Waals surface area contributed by atoms with Gasteiger partial charge in [-0.05, 0) is 11.1 Å². The molecule has 3 rings (SSSR count). The topological polar surface area (TPSA) is 93.7 Å². The standard InChI is InChI=1S/C20H20N2O5/c1-26-20(13-21-19(20)25)22-17(23)16(15-10-6-3-7-11-15)18(24)27-12-14-8-4-2-5-9-14/h2-11,16H,12-13H2,1H3,(H,21,25)(H,22,23). The fourth-order valence-corrected chi connectivity index (χ4v) is 2.76. The lowest BCUT2D eigenvalue weighted by Gasteiger charge is -2.40. The molecular formula is C20H20N2O5. The smallest absolute Gasteiger partial charge is 0.323 e.